The maximum atomic E-state index is 12.8. The van der Waals surface area contributed by atoms with E-state index in [9.17, 15) is 14.7 Å². The smallest absolute Gasteiger partial charge is 0.295 e. The van der Waals surface area contributed by atoms with E-state index in [2.05, 4.69) is 0 Å². The topological polar surface area (TPSA) is 66.8 Å². The summed E-state index contributed by atoms with van der Waals surface area (Å²) in [6.45, 7) is 4.40. The first-order valence-corrected chi connectivity index (χ1v) is 8.91. The van der Waals surface area contributed by atoms with E-state index in [1.165, 1.54) is 0 Å². The number of carbonyl (C=O) groups is 2. The van der Waals surface area contributed by atoms with Crippen LogP contribution in [0.2, 0.25) is 0 Å². The van der Waals surface area contributed by atoms with Gasteiger partial charge in [0.1, 0.15) is 11.5 Å². The molecule has 27 heavy (non-hydrogen) atoms. The molecule has 2 aromatic carbocycles. The van der Waals surface area contributed by atoms with Crippen LogP contribution in [0.1, 0.15) is 31.0 Å². The predicted molar refractivity (Wildman–Crippen MR) is 103 cm³/mol. The van der Waals surface area contributed by atoms with Crippen LogP contribution in [0.5, 0.6) is 5.75 Å². The SMILES string of the molecule is COc1ccc([C@H]2C(=C(O)c3ccccc3)C(=O)C(=O)N2CC(C)C)cc1. The maximum Gasteiger partial charge on any atom is 0.295 e. The van der Waals surface area contributed by atoms with E-state index < -0.39 is 17.7 Å². The third-order valence-corrected chi connectivity index (χ3v) is 4.58. The number of nitrogens with zero attached hydrogens (tertiary/aromatic N) is 1. The minimum atomic E-state index is -0.655. The molecule has 5 heteroatoms. The first kappa shape index (κ1) is 18.7. The zero-order chi connectivity index (χ0) is 19.6. The first-order valence-electron chi connectivity index (χ1n) is 8.91. The molecule has 0 bridgehead atoms. The van der Waals surface area contributed by atoms with Crippen LogP contribution in [0.3, 0.4) is 0 Å². The van der Waals surface area contributed by atoms with Gasteiger partial charge in [-0.25, -0.2) is 0 Å². The minimum absolute atomic E-state index is 0.122. The van der Waals surface area contributed by atoms with Gasteiger partial charge in [0, 0.05) is 12.1 Å². The summed E-state index contributed by atoms with van der Waals surface area (Å²) in [4.78, 5) is 27.0. The Hall–Kier alpha value is -3.08. The summed E-state index contributed by atoms with van der Waals surface area (Å²) in [5, 5.41) is 10.8. The monoisotopic (exact) mass is 365 g/mol. The van der Waals surface area contributed by atoms with Gasteiger partial charge in [0.25, 0.3) is 11.7 Å². The highest BCUT2D eigenvalue weighted by Gasteiger charge is 2.46. The number of methoxy groups -OCH3 is 1. The highest BCUT2D eigenvalue weighted by Crippen LogP contribution is 2.40. The molecule has 1 N–H and O–H groups in total. The molecule has 1 aliphatic rings. The number of hydrogen-bond donors (Lipinski definition) is 1. The van der Waals surface area contributed by atoms with E-state index in [1.54, 1.807) is 48.4 Å². The number of amides is 1. The Bertz CT molecular complexity index is 869. The molecule has 1 heterocycles. The number of aliphatic hydroxyl groups excluding tert-OH is 1. The van der Waals surface area contributed by atoms with Crippen molar-refractivity contribution in [3.8, 4) is 5.75 Å². The molecule has 0 spiro atoms. The molecule has 3 rings (SSSR count). The highest BCUT2D eigenvalue weighted by molar-refractivity contribution is 6.46. The average Bonchev–Trinajstić information content (AvgIpc) is 2.92. The Morgan fingerprint density at radius 2 is 1.70 bits per heavy atom. The first-order chi connectivity index (χ1) is 12.9. The summed E-state index contributed by atoms with van der Waals surface area (Å²) >= 11 is 0. The number of carbonyl (C=O) groups excluding carboxylic acids is 2. The van der Waals surface area contributed by atoms with E-state index in [1.807, 2.05) is 32.0 Å². The Balaban J connectivity index is 2.16. The molecule has 1 aliphatic heterocycles. The van der Waals surface area contributed by atoms with Gasteiger partial charge in [-0.3, -0.25) is 9.59 Å². The fraction of sp³-hybridized carbons (Fsp3) is 0.273. The molecule has 0 unspecified atom stereocenters. The van der Waals surface area contributed by atoms with Crippen molar-refractivity contribution in [3.63, 3.8) is 0 Å². The second-order valence-electron chi connectivity index (χ2n) is 6.98. The van der Waals surface area contributed by atoms with Gasteiger partial charge in [-0.1, -0.05) is 56.3 Å². The van der Waals surface area contributed by atoms with Gasteiger partial charge in [0.05, 0.1) is 18.7 Å². The summed E-state index contributed by atoms with van der Waals surface area (Å²) < 4.78 is 5.20. The highest BCUT2D eigenvalue weighted by atomic mass is 16.5. The summed E-state index contributed by atoms with van der Waals surface area (Å²) in [5.74, 6) is -0.524. The van der Waals surface area contributed by atoms with Crippen LogP contribution in [-0.2, 0) is 9.59 Å². The molecular formula is C22H23NO4. The van der Waals surface area contributed by atoms with E-state index in [-0.39, 0.29) is 17.3 Å². The number of hydrogen-bond acceptors (Lipinski definition) is 4. The van der Waals surface area contributed by atoms with Gasteiger partial charge in [-0.2, -0.15) is 0 Å². The fourth-order valence-electron chi connectivity index (χ4n) is 3.35. The molecule has 0 aliphatic carbocycles. The molecule has 0 saturated carbocycles. The summed E-state index contributed by atoms with van der Waals surface area (Å²) in [6, 6.07) is 15.4. The zero-order valence-electron chi connectivity index (χ0n) is 15.7. The van der Waals surface area contributed by atoms with Gasteiger partial charge in [-0.05, 0) is 23.6 Å². The number of rotatable bonds is 5. The normalized spacial score (nSPS) is 19.0. The van der Waals surface area contributed by atoms with E-state index in [0.717, 1.165) is 5.56 Å². The number of benzene rings is 2. The van der Waals surface area contributed by atoms with Crippen LogP contribution < -0.4 is 4.74 Å². The molecule has 140 valence electrons. The van der Waals surface area contributed by atoms with Crippen molar-refractivity contribution in [1.29, 1.82) is 0 Å². The van der Waals surface area contributed by atoms with Gasteiger partial charge >= 0.3 is 0 Å². The maximum absolute atomic E-state index is 12.8. The van der Waals surface area contributed by atoms with Crippen molar-refractivity contribution in [3.05, 3.63) is 71.3 Å². The zero-order valence-corrected chi connectivity index (χ0v) is 15.7. The van der Waals surface area contributed by atoms with Crippen molar-refractivity contribution in [2.45, 2.75) is 19.9 Å². The molecule has 0 aromatic heterocycles. The number of Topliss-reactive ketones (excluding diaryl/α,β-unsaturated/α-hetero) is 1. The lowest BCUT2D eigenvalue weighted by Crippen LogP contribution is -2.33. The molecule has 1 amide bonds. The van der Waals surface area contributed by atoms with Crippen LogP contribution in [0.25, 0.3) is 5.76 Å². The number of likely N-dealkylation sites (tertiary alicyclic amines) is 1. The Morgan fingerprint density at radius 1 is 1.07 bits per heavy atom. The molecule has 1 saturated heterocycles. The Morgan fingerprint density at radius 3 is 2.26 bits per heavy atom. The number of aliphatic hydroxyl groups is 1. The van der Waals surface area contributed by atoms with E-state index in [4.69, 9.17) is 4.74 Å². The lowest BCUT2D eigenvalue weighted by atomic mass is 9.95. The molecule has 1 atom stereocenters. The van der Waals surface area contributed by atoms with Crippen LogP contribution in [0.4, 0.5) is 0 Å². The molecule has 0 radical (unpaired) electrons. The minimum Gasteiger partial charge on any atom is -0.507 e. The Kier molecular flexibility index (Phi) is 5.31. The molecule has 1 fully saturated rings. The largest absolute Gasteiger partial charge is 0.507 e. The van der Waals surface area contributed by atoms with Crippen molar-refractivity contribution < 1.29 is 19.4 Å². The van der Waals surface area contributed by atoms with Crippen molar-refractivity contribution in [2.24, 2.45) is 5.92 Å². The lowest BCUT2D eigenvalue weighted by Gasteiger charge is -2.27. The van der Waals surface area contributed by atoms with Crippen molar-refractivity contribution in [2.75, 3.05) is 13.7 Å². The lowest BCUT2D eigenvalue weighted by molar-refractivity contribution is -0.140. The van der Waals surface area contributed by atoms with Gasteiger partial charge in [-0.15, -0.1) is 0 Å². The van der Waals surface area contributed by atoms with Gasteiger partial charge in [0.2, 0.25) is 0 Å². The Labute approximate surface area is 158 Å². The standard InChI is InChI=1S/C22H23NO4/c1-14(2)13-23-19(15-9-11-17(27-3)12-10-15)18(21(25)22(23)26)20(24)16-7-5-4-6-8-16/h4-12,14,19,24H,13H2,1-3H3/t19-/m0/s1. The molecule has 5 nitrogen and oxygen atoms in total. The van der Waals surface area contributed by atoms with Crippen LogP contribution >= 0.6 is 0 Å². The fourth-order valence-corrected chi connectivity index (χ4v) is 3.35. The van der Waals surface area contributed by atoms with Crippen LogP contribution in [0, 0.1) is 5.92 Å². The van der Waals surface area contributed by atoms with Crippen LogP contribution in [-0.4, -0.2) is 35.4 Å². The van der Waals surface area contributed by atoms with E-state index in [0.29, 0.717) is 17.9 Å². The average molecular weight is 365 g/mol. The quantitative estimate of drug-likeness (QED) is 0.498. The predicted octanol–water partition coefficient (Wildman–Crippen LogP) is 3.77. The van der Waals surface area contributed by atoms with Gasteiger partial charge in [0.15, 0.2) is 0 Å². The molecular weight excluding hydrogens is 342 g/mol. The third kappa shape index (κ3) is 3.58. The van der Waals surface area contributed by atoms with Crippen molar-refractivity contribution in [1.82, 2.24) is 4.90 Å². The van der Waals surface area contributed by atoms with Gasteiger partial charge < -0.3 is 14.7 Å². The van der Waals surface area contributed by atoms with Crippen molar-refractivity contribution >= 4 is 17.4 Å². The number of ether oxygens (including phenoxy) is 1. The third-order valence-electron chi connectivity index (χ3n) is 4.58. The van der Waals surface area contributed by atoms with E-state index >= 15 is 0 Å². The summed E-state index contributed by atoms with van der Waals surface area (Å²) in [6.07, 6.45) is 0. The van der Waals surface area contributed by atoms with Crippen LogP contribution in [0.15, 0.2) is 60.2 Å². The summed E-state index contributed by atoms with van der Waals surface area (Å²) in [7, 11) is 1.58. The molecule has 2 aromatic rings. The second kappa shape index (κ2) is 7.66. The summed E-state index contributed by atoms with van der Waals surface area (Å²) in [5.41, 5.74) is 1.39. The second-order valence-corrected chi connectivity index (χ2v) is 6.98. The number of ketones is 1.